The normalized spacial score (nSPS) is 10.7. The average Bonchev–Trinajstić information content (AvgIpc) is 3.27. The summed E-state index contributed by atoms with van der Waals surface area (Å²) in [6.45, 7) is 0. The van der Waals surface area contributed by atoms with Gasteiger partial charge in [0, 0.05) is 50.2 Å². The smallest absolute Gasteiger partial charge is 0.251 e. The quantitative estimate of drug-likeness (QED) is 0.395. The standard InChI is InChI=1S/C23H25N7O3/c1-24-21(31)13-6-8-16(17(10-13)32-4)27-23-28-20-19(22(29-23)33-5)15(12-26-20)14-7-9-18(25-11-14)30(2)3/h6-12H,1-5H3,(H,24,31)(H2,26,27,28,29). The number of rotatable bonds is 7. The van der Waals surface area contributed by atoms with Crippen LogP contribution in [0.3, 0.4) is 0 Å². The number of pyridine rings is 1. The number of carbonyl (C=O) groups is 1. The van der Waals surface area contributed by atoms with Gasteiger partial charge in [0.15, 0.2) is 0 Å². The highest BCUT2D eigenvalue weighted by atomic mass is 16.5. The number of methoxy groups -OCH3 is 2. The van der Waals surface area contributed by atoms with Crippen LogP contribution in [0.1, 0.15) is 10.4 Å². The second-order valence-electron chi connectivity index (χ2n) is 7.40. The van der Waals surface area contributed by atoms with E-state index in [0.717, 1.165) is 22.3 Å². The van der Waals surface area contributed by atoms with Crippen molar-refractivity contribution in [2.24, 2.45) is 0 Å². The molecule has 33 heavy (non-hydrogen) atoms. The predicted molar refractivity (Wildman–Crippen MR) is 128 cm³/mol. The van der Waals surface area contributed by atoms with Gasteiger partial charge < -0.3 is 30.0 Å². The van der Waals surface area contributed by atoms with Crippen molar-refractivity contribution in [3.05, 3.63) is 48.3 Å². The highest BCUT2D eigenvalue weighted by Crippen LogP contribution is 2.35. The Labute approximate surface area is 191 Å². The van der Waals surface area contributed by atoms with Crippen LogP contribution in [0.2, 0.25) is 0 Å². The Hall–Kier alpha value is -4.34. The molecule has 10 heteroatoms. The first-order valence-electron chi connectivity index (χ1n) is 10.2. The van der Waals surface area contributed by atoms with Crippen LogP contribution in [0, 0.1) is 0 Å². The number of amides is 1. The van der Waals surface area contributed by atoms with Crippen molar-refractivity contribution >= 4 is 34.4 Å². The van der Waals surface area contributed by atoms with E-state index < -0.39 is 0 Å². The van der Waals surface area contributed by atoms with Gasteiger partial charge in [0.1, 0.15) is 17.2 Å². The SMILES string of the molecule is CNC(=O)c1ccc(Nc2nc(OC)c3c(-c4ccc(N(C)C)nc4)c[nH]c3n2)c(OC)c1. The fourth-order valence-corrected chi connectivity index (χ4v) is 3.44. The predicted octanol–water partition coefficient (Wildman–Crippen LogP) is 3.21. The summed E-state index contributed by atoms with van der Waals surface area (Å²) in [6.07, 6.45) is 3.67. The molecule has 1 aromatic carbocycles. The molecule has 10 nitrogen and oxygen atoms in total. The molecule has 0 aliphatic rings. The van der Waals surface area contributed by atoms with Gasteiger partial charge in [0.25, 0.3) is 5.91 Å². The van der Waals surface area contributed by atoms with Crippen LogP contribution in [-0.2, 0) is 0 Å². The number of ether oxygens (including phenoxy) is 2. The van der Waals surface area contributed by atoms with Crippen LogP contribution < -0.4 is 25.0 Å². The molecular formula is C23H25N7O3. The van der Waals surface area contributed by atoms with Crippen LogP contribution in [0.4, 0.5) is 17.5 Å². The maximum absolute atomic E-state index is 11.9. The number of hydrogen-bond donors (Lipinski definition) is 3. The fraction of sp³-hybridized carbons (Fsp3) is 0.217. The number of hydrogen-bond acceptors (Lipinski definition) is 8. The Morgan fingerprint density at radius 3 is 2.55 bits per heavy atom. The molecule has 0 aliphatic carbocycles. The molecule has 3 heterocycles. The molecule has 0 atom stereocenters. The second kappa shape index (κ2) is 9.03. The molecule has 0 fully saturated rings. The molecule has 4 aromatic rings. The van der Waals surface area contributed by atoms with E-state index in [9.17, 15) is 4.79 Å². The lowest BCUT2D eigenvalue weighted by Gasteiger charge is -2.13. The molecule has 0 unspecified atom stereocenters. The largest absolute Gasteiger partial charge is 0.495 e. The zero-order chi connectivity index (χ0) is 23.5. The zero-order valence-electron chi connectivity index (χ0n) is 19.1. The molecule has 170 valence electrons. The topological polar surface area (TPSA) is 117 Å². The number of nitrogens with zero attached hydrogens (tertiary/aromatic N) is 4. The molecule has 0 radical (unpaired) electrons. The minimum atomic E-state index is -0.203. The number of H-pyrrole nitrogens is 1. The molecule has 0 spiro atoms. The van der Waals surface area contributed by atoms with Gasteiger partial charge in [-0.1, -0.05) is 0 Å². The van der Waals surface area contributed by atoms with Crippen molar-refractivity contribution < 1.29 is 14.3 Å². The maximum atomic E-state index is 11.9. The average molecular weight is 447 g/mol. The Kier molecular flexibility index (Phi) is 5.99. The minimum absolute atomic E-state index is 0.203. The monoisotopic (exact) mass is 447 g/mol. The minimum Gasteiger partial charge on any atom is -0.495 e. The van der Waals surface area contributed by atoms with Gasteiger partial charge in [-0.2, -0.15) is 9.97 Å². The lowest BCUT2D eigenvalue weighted by Crippen LogP contribution is -2.17. The van der Waals surface area contributed by atoms with Crippen LogP contribution in [0.15, 0.2) is 42.7 Å². The van der Waals surface area contributed by atoms with Gasteiger partial charge in [-0.3, -0.25) is 4.79 Å². The highest BCUT2D eigenvalue weighted by molar-refractivity contribution is 5.98. The van der Waals surface area contributed by atoms with Crippen molar-refractivity contribution in [3.8, 4) is 22.8 Å². The molecule has 3 aromatic heterocycles. The molecule has 0 saturated heterocycles. The number of carbonyl (C=O) groups excluding carboxylic acids is 1. The van der Waals surface area contributed by atoms with Gasteiger partial charge >= 0.3 is 0 Å². The third-order valence-corrected chi connectivity index (χ3v) is 5.15. The second-order valence-corrected chi connectivity index (χ2v) is 7.40. The van der Waals surface area contributed by atoms with E-state index in [4.69, 9.17) is 9.47 Å². The number of aromatic amines is 1. The number of benzene rings is 1. The van der Waals surface area contributed by atoms with Gasteiger partial charge in [0.2, 0.25) is 11.8 Å². The van der Waals surface area contributed by atoms with Crippen molar-refractivity contribution in [3.63, 3.8) is 0 Å². The van der Waals surface area contributed by atoms with E-state index in [2.05, 4.69) is 30.6 Å². The lowest BCUT2D eigenvalue weighted by molar-refractivity contribution is 0.0963. The summed E-state index contributed by atoms with van der Waals surface area (Å²) in [7, 11) is 8.56. The molecule has 1 amide bonds. The number of anilines is 3. The lowest BCUT2D eigenvalue weighted by atomic mass is 10.1. The van der Waals surface area contributed by atoms with Crippen LogP contribution in [0.5, 0.6) is 11.6 Å². The summed E-state index contributed by atoms with van der Waals surface area (Å²) in [5, 5.41) is 6.49. The van der Waals surface area contributed by atoms with E-state index in [1.54, 1.807) is 32.4 Å². The van der Waals surface area contributed by atoms with Crippen LogP contribution >= 0.6 is 0 Å². The summed E-state index contributed by atoms with van der Waals surface area (Å²) in [5.41, 5.74) is 3.51. The third kappa shape index (κ3) is 4.22. The first kappa shape index (κ1) is 21.9. The molecule has 3 N–H and O–H groups in total. The van der Waals surface area contributed by atoms with E-state index >= 15 is 0 Å². The highest BCUT2D eigenvalue weighted by Gasteiger charge is 2.17. The summed E-state index contributed by atoms with van der Waals surface area (Å²) < 4.78 is 11.0. The van der Waals surface area contributed by atoms with Crippen molar-refractivity contribution in [1.82, 2.24) is 25.3 Å². The Bertz CT molecular complexity index is 1300. The van der Waals surface area contributed by atoms with Crippen molar-refractivity contribution in [2.75, 3.05) is 45.6 Å². The zero-order valence-corrected chi connectivity index (χ0v) is 19.1. The number of fused-ring (bicyclic) bond motifs is 1. The summed E-state index contributed by atoms with van der Waals surface area (Å²) in [4.78, 5) is 30.7. The Morgan fingerprint density at radius 1 is 1.09 bits per heavy atom. The van der Waals surface area contributed by atoms with Crippen molar-refractivity contribution in [1.29, 1.82) is 0 Å². The third-order valence-electron chi connectivity index (χ3n) is 5.15. The maximum Gasteiger partial charge on any atom is 0.251 e. The first-order valence-corrected chi connectivity index (χ1v) is 10.2. The molecule has 0 saturated carbocycles. The first-order chi connectivity index (χ1) is 15.9. The van der Waals surface area contributed by atoms with Crippen molar-refractivity contribution in [2.45, 2.75) is 0 Å². The molecular weight excluding hydrogens is 422 g/mol. The number of aromatic nitrogens is 4. The van der Waals surface area contributed by atoms with E-state index in [1.165, 1.54) is 7.11 Å². The fourth-order valence-electron chi connectivity index (χ4n) is 3.44. The summed E-state index contributed by atoms with van der Waals surface area (Å²) >= 11 is 0. The van der Waals surface area contributed by atoms with E-state index in [0.29, 0.717) is 34.5 Å². The van der Waals surface area contributed by atoms with Gasteiger partial charge in [-0.05, 0) is 30.3 Å². The molecule has 4 rings (SSSR count). The van der Waals surface area contributed by atoms with Gasteiger partial charge in [-0.15, -0.1) is 0 Å². The summed E-state index contributed by atoms with van der Waals surface area (Å²) in [5.74, 6) is 1.88. The summed E-state index contributed by atoms with van der Waals surface area (Å²) in [6, 6.07) is 9.02. The van der Waals surface area contributed by atoms with Gasteiger partial charge in [0.05, 0.1) is 25.3 Å². The Morgan fingerprint density at radius 2 is 1.91 bits per heavy atom. The van der Waals surface area contributed by atoms with Gasteiger partial charge in [-0.25, -0.2) is 4.98 Å². The molecule has 0 aliphatic heterocycles. The van der Waals surface area contributed by atoms with Crippen LogP contribution in [-0.4, -0.2) is 61.2 Å². The van der Waals surface area contributed by atoms with E-state index in [-0.39, 0.29) is 5.91 Å². The van der Waals surface area contributed by atoms with E-state index in [1.807, 2.05) is 43.5 Å². The van der Waals surface area contributed by atoms with Crippen LogP contribution in [0.25, 0.3) is 22.2 Å². The number of nitrogens with one attached hydrogen (secondary N) is 3. The molecule has 0 bridgehead atoms. The Balaban J connectivity index is 1.71.